The average Bonchev–Trinajstić information content (AvgIpc) is 2.60. The number of hydrogen-bond donors (Lipinski definition) is 1. The molecule has 0 saturated heterocycles. The Hall–Kier alpha value is -3.12. The van der Waals surface area contributed by atoms with Crippen molar-refractivity contribution < 1.29 is 4.79 Å². The first-order valence-electron chi connectivity index (χ1n) is 7.47. The number of aromatic nitrogens is 2. The highest BCUT2D eigenvalue weighted by Gasteiger charge is 2.10. The lowest BCUT2D eigenvalue weighted by molar-refractivity contribution is -0.116. The van der Waals surface area contributed by atoms with Gasteiger partial charge in [0.1, 0.15) is 6.54 Å². The minimum atomic E-state index is -0.786. The fourth-order valence-corrected chi connectivity index (χ4v) is 2.52. The summed E-state index contributed by atoms with van der Waals surface area (Å²) in [5, 5.41) is 3.12. The molecule has 3 rings (SSSR count). The molecule has 0 aliphatic heterocycles. The van der Waals surface area contributed by atoms with Crippen LogP contribution < -0.4 is 16.4 Å². The molecule has 6 nitrogen and oxygen atoms in total. The Balaban J connectivity index is 1.84. The van der Waals surface area contributed by atoms with Gasteiger partial charge < -0.3 is 5.32 Å². The van der Waals surface area contributed by atoms with Crippen molar-refractivity contribution in [2.75, 3.05) is 5.32 Å². The van der Waals surface area contributed by atoms with E-state index in [1.165, 1.54) is 17.0 Å². The summed E-state index contributed by atoms with van der Waals surface area (Å²) in [6, 6.07) is 15.5. The van der Waals surface area contributed by atoms with Crippen LogP contribution in [0.1, 0.15) is 0 Å². The van der Waals surface area contributed by atoms with E-state index in [4.69, 9.17) is 11.6 Å². The van der Waals surface area contributed by atoms with Crippen LogP contribution in [0.2, 0.25) is 5.02 Å². The lowest BCUT2D eigenvalue weighted by Crippen LogP contribution is -2.41. The molecule has 0 atom stereocenters. The average molecular weight is 356 g/mol. The number of anilines is 1. The lowest BCUT2D eigenvalue weighted by atomic mass is 10.3. The van der Waals surface area contributed by atoms with Crippen LogP contribution in [0.5, 0.6) is 0 Å². The molecule has 0 unspecified atom stereocenters. The number of amides is 1. The van der Waals surface area contributed by atoms with Gasteiger partial charge in [0, 0.05) is 23.1 Å². The monoisotopic (exact) mass is 355 g/mol. The van der Waals surface area contributed by atoms with E-state index in [-0.39, 0.29) is 6.54 Å². The maximum Gasteiger partial charge on any atom is 0.320 e. The highest BCUT2D eigenvalue weighted by molar-refractivity contribution is 6.30. The van der Waals surface area contributed by atoms with Crippen molar-refractivity contribution in [2.45, 2.75) is 6.54 Å². The maximum absolute atomic E-state index is 12.3. The molecule has 0 bridgehead atoms. The predicted octanol–water partition coefficient (Wildman–Crippen LogP) is 2.29. The fourth-order valence-electron chi connectivity index (χ4n) is 2.34. The van der Waals surface area contributed by atoms with E-state index in [0.717, 1.165) is 4.57 Å². The number of nitrogens with zero attached hydrogens (tertiary/aromatic N) is 2. The largest absolute Gasteiger partial charge is 0.325 e. The van der Waals surface area contributed by atoms with Crippen LogP contribution in [-0.4, -0.2) is 15.0 Å². The molecule has 0 aliphatic carbocycles. The number of halogens is 1. The number of nitrogens with one attached hydrogen (secondary N) is 1. The van der Waals surface area contributed by atoms with E-state index in [0.29, 0.717) is 16.4 Å². The van der Waals surface area contributed by atoms with Crippen molar-refractivity contribution in [1.82, 2.24) is 9.13 Å². The Labute approximate surface area is 147 Å². The van der Waals surface area contributed by atoms with Crippen molar-refractivity contribution in [3.8, 4) is 5.69 Å². The van der Waals surface area contributed by atoms with Crippen LogP contribution in [0.3, 0.4) is 0 Å². The van der Waals surface area contributed by atoms with Gasteiger partial charge in [-0.05, 0) is 30.3 Å². The summed E-state index contributed by atoms with van der Waals surface area (Å²) in [7, 11) is 0. The predicted molar refractivity (Wildman–Crippen MR) is 96.4 cm³/mol. The maximum atomic E-state index is 12.3. The number of carbonyl (C=O) groups excluding carboxylic acids is 1. The third-order valence-corrected chi connectivity index (χ3v) is 3.75. The molecule has 126 valence electrons. The van der Waals surface area contributed by atoms with Crippen molar-refractivity contribution in [3.05, 3.63) is 92.7 Å². The number of hydrogen-bond acceptors (Lipinski definition) is 3. The molecule has 0 saturated carbocycles. The van der Waals surface area contributed by atoms with E-state index in [2.05, 4.69) is 5.32 Å². The van der Waals surface area contributed by atoms with E-state index >= 15 is 0 Å². The molecule has 1 N–H and O–H groups in total. The normalized spacial score (nSPS) is 10.4. The van der Waals surface area contributed by atoms with Crippen LogP contribution in [0.25, 0.3) is 5.69 Å². The number of benzene rings is 2. The standard InChI is InChI=1S/C18H14ClN3O3/c19-13-5-4-8-15(11-13)22-10-9-21(17(24)18(22)25)12-16(23)20-14-6-2-1-3-7-14/h1-11H,12H2,(H,20,23). The van der Waals surface area contributed by atoms with Gasteiger partial charge >= 0.3 is 11.1 Å². The van der Waals surface area contributed by atoms with Crippen molar-refractivity contribution >= 4 is 23.2 Å². The smallest absolute Gasteiger partial charge is 0.320 e. The Morgan fingerprint density at radius 2 is 1.72 bits per heavy atom. The second-order valence-corrected chi connectivity index (χ2v) is 5.74. The van der Waals surface area contributed by atoms with Gasteiger partial charge in [-0.2, -0.15) is 0 Å². The Bertz CT molecular complexity index is 1030. The highest BCUT2D eigenvalue weighted by atomic mass is 35.5. The molecule has 3 aromatic rings. The molecule has 2 aromatic carbocycles. The van der Waals surface area contributed by atoms with Gasteiger partial charge in [-0.1, -0.05) is 35.9 Å². The summed E-state index contributed by atoms with van der Waals surface area (Å²) in [5.41, 5.74) is -0.439. The molecule has 25 heavy (non-hydrogen) atoms. The van der Waals surface area contributed by atoms with Gasteiger partial charge in [-0.25, -0.2) is 0 Å². The number of para-hydroxylation sites is 1. The summed E-state index contributed by atoms with van der Waals surface area (Å²) in [6.45, 7) is -0.251. The molecule has 1 amide bonds. The van der Waals surface area contributed by atoms with Crippen LogP contribution in [0.15, 0.2) is 76.6 Å². The molecule has 0 spiro atoms. The SMILES string of the molecule is O=C(Cn1ccn(-c2cccc(Cl)c2)c(=O)c1=O)Nc1ccccc1. The number of rotatable bonds is 4. The third kappa shape index (κ3) is 3.87. The Kier molecular flexibility index (Phi) is 4.81. The van der Waals surface area contributed by atoms with Crippen molar-refractivity contribution in [3.63, 3.8) is 0 Å². The van der Waals surface area contributed by atoms with E-state index in [9.17, 15) is 14.4 Å². The lowest BCUT2D eigenvalue weighted by Gasteiger charge is -2.10. The van der Waals surface area contributed by atoms with Gasteiger partial charge in [0.05, 0.1) is 5.69 Å². The van der Waals surface area contributed by atoms with Crippen molar-refractivity contribution in [2.24, 2.45) is 0 Å². The van der Waals surface area contributed by atoms with Gasteiger partial charge in [0.2, 0.25) is 5.91 Å². The minimum Gasteiger partial charge on any atom is -0.325 e. The first-order chi connectivity index (χ1) is 12.0. The molecular formula is C18H14ClN3O3. The number of carbonyl (C=O) groups is 1. The second kappa shape index (κ2) is 7.19. The van der Waals surface area contributed by atoms with Crippen LogP contribution >= 0.6 is 11.6 Å². The van der Waals surface area contributed by atoms with E-state index < -0.39 is 17.0 Å². The van der Waals surface area contributed by atoms with Crippen LogP contribution in [0, 0.1) is 0 Å². The zero-order valence-corrected chi connectivity index (χ0v) is 13.8. The Morgan fingerprint density at radius 3 is 2.44 bits per heavy atom. The zero-order chi connectivity index (χ0) is 17.8. The minimum absolute atomic E-state index is 0.251. The van der Waals surface area contributed by atoms with Crippen LogP contribution in [-0.2, 0) is 11.3 Å². The summed E-state index contributed by atoms with van der Waals surface area (Å²) < 4.78 is 2.27. The zero-order valence-electron chi connectivity index (χ0n) is 13.1. The molecule has 1 aromatic heterocycles. The topological polar surface area (TPSA) is 73.1 Å². The molecule has 1 heterocycles. The van der Waals surface area contributed by atoms with Gasteiger partial charge in [-0.3, -0.25) is 23.5 Å². The third-order valence-electron chi connectivity index (χ3n) is 3.52. The van der Waals surface area contributed by atoms with Gasteiger partial charge in [0.25, 0.3) is 0 Å². The Morgan fingerprint density at radius 1 is 0.960 bits per heavy atom. The second-order valence-electron chi connectivity index (χ2n) is 5.30. The van der Waals surface area contributed by atoms with E-state index in [1.54, 1.807) is 48.5 Å². The van der Waals surface area contributed by atoms with Crippen LogP contribution in [0.4, 0.5) is 5.69 Å². The van der Waals surface area contributed by atoms with Crippen molar-refractivity contribution in [1.29, 1.82) is 0 Å². The van der Waals surface area contributed by atoms with Gasteiger partial charge in [-0.15, -0.1) is 0 Å². The van der Waals surface area contributed by atoms with E-state index in [1.807, 2.05) is 6.07 Å². The quantitative estimate of drug-likeness (QED) is 0.730. The summed E-state index contributed by atoms with van der Waals surface area (Å²) in [4.78, 5) is 36.6. The highest BCUT2D eigenvalue weighted by Crippen LogP contribution is 2.12. The first-order valence-corrected chi connectivity index (χ1v) is 7.85. The van der Waals surface area contributed by atoms with Gasteiger partial charge in [0.15, 0.2) is 0 Å². The molecular weight excluding hydrogens is 342 g/mol. The fraction of sp³-hybridized carbons (Fsp3) is 0.0556. The molecule has 0 fully saturated rings. The summed E-state index contributed by atoms with van der Waals surface area (Å²) in [5.74, 6) is -0.395. The molecule has 0 aliphatic rings. The molecule has 7 heteroatoms. The first kappa shape index (κ1) is 16.7. The summed E-state index contributed by atoms with van der Waals surface area (Å²) in [6.07, 6.45) is 2.83. The molecule has 0 radical (unpaired) electrons. The summed E-state index contributed by atoms with van der Waals surface area (Å²) >= 11 is 5.91.